The molecule has 4 nitrogen and oxygen atoms in total. The minimum atomic E-state index is 0.379. The van der Waals surface area contributed by atoms with Crippen LogP contribution in [0.15, 0.2) is 45.4 Å². The lowest BCUT2D eigenvalue weighted by atomic mass is 10.2. The van der Waals surface area contributed by atoms with Crippen LogP contribution in [0.4, 0.5) is 5.69 Å². The molecule has 106 valence electrons. The molecule has 2 aromatic carbocycles. The number of hydrogen-bond donors (Lipinski definition) is 1. The van der Waals surface area contributed by atoms with E-state index in [0.29, 0.717) is 27.4 Å². The van der Waals surface area contributed by atoms with E-state index in [2.05, 4.69) is 26.1 Å². The Morgan fingerprint density at radius 3 is 2.52 bits per heavy atom. The highest BCUT2D eigenvalue weighted by Crippen LogP contribution is 2.30. The molecule has 21 heavy (non-hydrogen) atoms. The quantitative estimate of drug-likeness (QED) is 0.627. The molecule has 2 N–H and O–H groups in total. The van der Waals surface area contributed by atoms with E-state index in [-0.39, 0.29) is 0 Å². The SMILES string of the molecule is Nc1cc(Br)cc(-c2nc(-c3ccc(Cl)c(Cl)c3)no2)c1. The molecule has 0 amide bonds. The molecule has 0 aliphatic rings. The van der Waals surface area contributed by atoms with Gasteiger partial charge in [-0.15, -0.1) is 0 Å². The fourth-order valence-electron chi connectivity index (χ4n) is 1.83. The number of nitrogen functional groups attached to an aromatic ring is 1. The normalized spacial score (nSPS) is 10.8. The third kappa shape index (κ3) is 3.05. The van der Waals surface area contributed by atoms with Crippen LogP contribution in [0.5, 0.6) is 0 Å². The van der Waals surface area contributed by atoms with E-state index >= 15 is 0 Å². The van der Waals surface area contributed by atoms with Crippen LogP contribution in [0.3, 0.4) is 0 Å². The first-order valence-corrected chi connectivity index (χ1v) is 7.43. The van der Waals surface area contributed by atoms with Crippen molar-refractivity contribution in [1.29, 1.82) is 0 Å². The number of halogens is 3. The average molecular weight is 385 g/mol. The summed E-state index contributed by atoms with van der Waals surface area (Å²) >= 11 is 15.3. The highest BCUT2D eigenvalue weighted by atomic mass is 79.9. The van der Waals surface area contributed by atoms with E-state index in [1.54, 1.807) is 30.3 Å². The molecular weight excluding hydrogens is 377 g/mol. The molecule has 0 bridgehead atoms. The van der Waals surface area contributed by atoms with Crippen molar-refractivity contribution in [3.8, 4) is 22.8 Å². The van der Waals surface area contributed by atoms with E-state index in [1.807, 2.05) is 6.07 Å². The van der Waals surface area contributed by atoms with Crippen LogP contribution in [0, 0.1) is 0 Å². The maximum absolute atomic E-state index is 5.99. The average Bonchev–Trinajstić information content (AvgIpc) is 2.90. The molecule has 0 atom stereocenters. The lowest BCUT2D eigenvalue weighted by Crippen LogP contribution is -1.87. The van der Waals surface area contributed by atoms with Crippen LogP contribution in [0.2, 0.25) is 10.0 Å². The molecule has 0 saturated carbocycles. The van der Waals surface area contributed by atoms with Gasteiger partial charge in [-0.1, -0.05) is 44.3 Å². The second-order valence-corrected chi connectivity index (χ2v) is 6.06. The molecule has 1 heterocycles. The van der Waals surface area contributed by atoms with Crippen LogP contribution < -0.4 is 5.73 Å². The minimum Gasteiger partial charge on any atom is -0.399 e. The first-order chi connectivity index (χ1) is 10.0. The summed E-state index contributed by atoms with van der Waals surface area (Å²) in [6.07, 6.45) is 0. The number of nitrogens with zero attached hydrogens (tertiary/aromatic N) is 2. The molecule has 0 fully saturated rings. The topological polar surface area (TPSA) is 64.9 Å². The molecule has 0 saturated heterocycles. The maximum Gasteiger partial charge on any atom is 0.258 e. The Balaban J connectivity index is 2.01. The minimum absolute atomic E-state index is 0.379. The lowest BCUT2D eigenvalue weighted by Gasteiger charge is -1.99. The summed E-state index contributed by atoms with van der Waals surface area (Å²) in [7, 11) is 0. The Morgan fingerprint density at radius 1 is 1.00 bits per heavy atom. The van der Waals surface area contributed by atoms with Crippen LogP contribution in [-0.4, -0.2) is 10.1 Å². The molecule has 7 heteroatoms. The number of nitrogens with two attached hydrogens (primary N) is 1. The molecule has 0 aliphatic heterocycles. The van der Waals surface area contributed by atoms with Gasteiger partial charge in [-0.05, 0) is 36.4 Å². The van der Waals surface area contributed by atoms with Gasteiger partial charge in [0.2, 0.25) is 5.82 Å². The predicted octanol–water partition coefficient (Wildman–Crippen LogP) is 5.06. The fraction of sp³-hybridized carbons (Fsp3) is 0. The highest BCUT2D eigenvalue weighted by molar-refractivity contribution is 9.10. The van der Waals surface area contributed by atoms with Crippen molar-refractivity contribution in [2.24, 2.45) is 0 Å². The number of anilines is 1. The Hall–Kier alpha value is -1.56. The number of benzene rings is 2. The van der Waals surface area contributed by atoms with Gasteiger partial charge < -0.3 is 10.3 Å². The van der Waals surface area contributed by atoms with Crippen molar-refractivity contribution in [3.05, 3.63) is 50.9 Å². The third-order valence-corrected chi connectivity index (χ3v) is 3.97. The summed E-state index contributed by atoms with van der Waals surface area (Å²) in [6, 6.07) is 10.6. The monoisotopic (exact) mass is 383 g/mol. The van der Waals surface area contributed by atoms with Crippen LogP contribution in [0.25, 0.3) is 22.8 Å². The molecule has 3 rings (SSSR count). The van der Waals surface area contributed by atoms with Gasteiger partial charge in [0.25, 0.3) is 5.89 Å². The largest absolute Gasteiger partial charge is 0.399 e. The zero-order valence-electron chi connectivity index (χ0n) is 10.5. The second kappa shape index (κ2) is 5.67. The molecule has 0 radical (unpaired) electrons. The Kier molecular flexibility index (Phi) is 3.89. The third-order valence-electron chi connectivity index (χ3n) is 2.77. The van der Waals surface area contributed by atoms with Crippen molar-refractivity contribution in [2.75, 3.05) is 5.73 Å². The van der Waals surface area contributed by atoms with Crippen LogP contribution in [0.1, 0.15) is 0 Å². The Morgan fingerprint density at radius 2 is 1.81 bits per heavy atom. The number of aromatic nitrogens is 2. The van der Waals surface area contributed by atoms with Crippen molar-refractivity contribution in [2.45, 2.75) is 0 Å². The van der Waals surface area contributed by atoms with E-state index in [1.165, 1.54) is 0 Å². The van der Waals surface area contributed by atoms with Gasteiger partial charge in [-0.25, -0.2) is 0 Å². The molecule has 0 aliphatic carbocycles. The fourth-order valence-corrected chi connectivity index (χ4v) is 2.64. The molecule has 3 aromatic rings. The van der Waals surface area contributed by atoms with E-state index in [0.717, 1.165) is 15.6 Å². The van der Waals surface area contributed by atoms with E-state index in [4.69, 9.17) is 33.5 Å². The summed E-state index contributed by atoms with van der Waals surface area (Å²) < 4.78 is 6.11. The summed E-state index contributed by atoms with van der Waals surface area (Å²) in [5.74, 6) is 0.811. The summed E-state index contributed by atoms with van der Waals surface area (Å²) in [5.41, 5.74) is 7.87. The van der Waals surface area contributed by atoms with Crippen molar-refractivity contribution in [3.63, 3.8) is 0 Å². The zero-order chi connectivity index (χ0) is 15.0. The molecule has 0 spiro atoms. The van der Waals surface area contributed by atoms with Gasteiger partial charge in [0, 0.05) is 21.3 Å². The van der Waals surface area contributed by atoms with Gasteiger partial charge in [-0.2, -0.15) is 4.98 Å². The summed E-state index contributed by atoms with van der Waals surface area (Å²) in [5, 5.41) is 4.86. The van der Waals surface area contributed by atoms with Crippen LogP contribution >= 0.6 is 39.1 Å². The number of hydrogen-bond acceptors (Lipinski definition) is 4. The lowest BCUT2D eigenvalue weighted by molar-refractivity contribution is 0.432. The van der Waals surface area contributed by atoms with E-state index in [9.17, 15) is 0 Å². The van der Waals surface area contributed by atoms with Gasteiger partial charge in [-0.3, -0.25) is 0 Å². The number of rotatable bonds is 2. The van der Waals surface area contributed by atoms with Gasteiger partial charge >= 0.3 is 0 Å². The maximum atomic E-state index is 5.99. The van der Waals surface area contributed by atoms with E-state index < -0.39 is 0 Å². The highest BCUT2D eigenvalue weighted by Gasteiger charge is 2.12. The van der Waals surface area contributed by atoms with Gasteiger partial charge in [0.05, 0.1) is 10.0 Å². The molecular formula is C14H8BrCl2N3O. The Bertz CT molecular complexity index is 799. The standard InChI is InChI=1S/C14H8BrCl2N3O/c15-9-3-8(4-10(18)6-9)14-19-13(20-21-14)7-1-2-11(16)12(17)5-7/h1-6H,18H2. The molecule has 0 unspecified atom stereocenters. The Labute approximate surface area is 139 Å². The van der Waals surface area contributed by atoms with Gasteiger partial charge in [0.15, 0.2) is 0 Å². The molecule has 1 aromatic heterocycles. The first-order valence-electron chi connectivity index (χ1n) is 5.88. The first kappa shape index (κ1) is 14.4. The summed E-state index contributed by atoms with van der Waals surface area (Å²) in [6.45, 7) is 0. The second-order valence-electron chi connectivity index (χ2n) is 4.33. The van der Waals surface area contributed by atoms with Crippen molar-refractivity contribution >= 4 is 44.8 Å². The van der Waals surface area contributed by atoms with Gasteiger partial charge in [0.1, 0.15) is 0 Å². The van der Waals surface area contributed by atoms with Crippen molar-refractivity contribution < 1.29 is 4.52 Å². The smallest absolute Gasteiger partial charge is 0.258 e. The summed E-state index contributed by atoms with van der Waals surface area (Å²) in [4.78, 5) is 4.35. The van der Waals surface area contributed by atoms with Crippen LogP contribution in [-0.2, 0) is 0 Å². The zero-order valence-corrected chi connectivity index (χ0v) is 13.6. The predicted molar refractivity (Wildman–Crippen MR) is 87.3 cm³/mol. The van der Waals surface area contributed by atoms with Crippen molar-refractivity contribution in [1.82, 2.24) is 10.1 Å².